The molecule has 1 unspecified atom stereocenters. The maximum Gasteiger partial charge on any atom is 0.237 e. The lowest BCUT2D eigenvalue weighted by Gasteiger charge is -2.10. The highest BCUT2D eigenvalue weighted by Gasteiger charge is 2.22. The number of carbonyl (C=O) groups excluding carboxylic acids is 1. The number of hydrogen-bond acceptors (Lipinski definition) is 4. The van der Waals surface area contributed by atoms with Gasteiger partial charge in [-0.15, -0.1) is 10.2 Å². The average Bonchev–Trinajstić information content (AvgIpc) is 3.23. The van der Waals surface area contributed by atoms with Gasteiger partial charge in [0.05, 0.1) is 10.0 Å². The zero-order valence-electron chi connectivity index (χ0n) is 16.0. The molecule has 31 heavy (non-hydrogen) atoms. The number of para-hydroxylation sites is 1. The van der Waals surface area contributed by atoms with Crippen molar-refractivity contribution in [2.75, 3.05) is 11.1 Å². The minimum Gasteiger partial charge on any atom is -0.325 e. The Morgan fingerprint density at radius 1 is 0.903 bits per heavy atom. The molecule has 1 atom stereocenters. The number of halogens is 2. The number of hydrogen-bond donors (Lipinski definition) is 1. The second kappa shape index (κ2) is 9.43. The molecule has 0 saturated carbocycles. The highest BCUT2D eigenvalue weighted by Crippen LogP contribution is 2.26. The van der Waals surface area contributed by atoms with Crippen LogP contribution in [0.5, 0.6) is 0 Å². The lowest BCUT2D eigenvalue weighted by atomic mass is 10.2. The van der Waals surface area contributed by atoms with Gasteiger partial charge in [-0.25, -0.2) is 0 Å². The number of rotatable bonds is 6. The molecule has 4 rings (SSSR count). The Balaban J connectivity index is 1.62. The Bertz CT molecular complexity index is 1250. The lowest BCUT2D eigenvalue weighted by molar-refractivity contribution is -0.113. The van der Waals surface area contributed by atoms with Gasteiger partial charge in [0.2, 0.25) is 11.1 Å². The molecule has 0 aliphatic heterocycles. The van der Waals surface area contributed by atoms with Crippen LogP contribution < -0.4 is 5.32 Å². The Labute approximate surface area is 191 Å². The van der Waals surface area contributed by atoms with Gasteiger partial charge in [0.15, 0.2) is 5.82 Å². The Morgan fingerprint density at radius 3 is 2.26 bits per heavy atom. The summed E-state index contributed by atoms with van der Waals surface area (Å²) in [7, 11) is -1.74. The molecule has 6 nitrogen and oxygen atoms in total. The molecule has 4 aromatic rings. The highest BCUT2D eigenvalue weighted by molar-refractivity contribution is 7.85. The summed E-state index contributed by atoms with van der Waals surface area (Å²) in [5.41, 5.74) is 2.04. The largest absolute Gasteiger partial charge is 0.325 e. The van der Waals surface area contributed by atoms with E-state index >= 15 is 0 Å². The van der Waals surface area contributed by atoms with E-state index in [-0.39, 0.29) is 10.9 Å². The summed E-state index contributed by atoms with van der Waals surface area (Å²) >= 11 is 11.9. The molecule has 1 N–H and O–H groups in total. The number of carbonyl (C=O) groups is 1. The Kier molecular flexibility index (Phi) is 6.46. The molecule has 9 heteroatoms. The number of aromatic nitrogens is 3. The van der Waals surface area contributed by atoms with Crippen LogP contribution in [0, 0.1) is 0 Å². The van der Waals surface area contributed by atoms with Gasteiger partial charge in [-0.05, 0) is 30.3 Å². The van der Waals surface area contributed by atoms with Gasteiger partial charge in [-0.2, -0.15) is 0 Å². The fourth-order valence-electron chi connectivity index (χ4n) is 2.96. The maximum absolute atomic E-state index is 13.1. The van der Waals surface area contributed by atoms with E-state index in [0.717, 1.165) is 11.3 Å². The monoisotopic (exact) mass is 470 g/mol. The van der Waals surface area contributed by atoms with E-state index in [9.17, 15) is 9.00 Å². The number of anilines is 1. The average molecular weight is 471 g/mol. The smallest absolute Gasteiger partial charge is 0.237 e. The standard InChI is InChI=1S/C22H16Cl2N4O2S/c23-18-12-11-16(13-19(18)24)25-20(29)14-31(30)22-27-26-21(15-7-3-1-4-8-15)28(22)17-9-5-2-6-10-17/h1-13H,14H2,(H,25,29). The lowest BCUT2D eigenvalue weighted by Crippen LogP contribution is -2.21. The summed E-state index contributed by atoms with van der Waals surface area (Å²) in [5, 5.41) is 12.0. The predicted octanol–water partition coefficient (Wildman–Crippen LogP) is 4.99. The van der Waals surface area contributed by atoms with Crippen LogP contribution in [-0.2, 0) is 15.6 Å². The van der Waals surface area contributed by atoms with Crippen LogP contribution in [0.25, 0.3) is 17.1 Å². The van der Waals surface area contributed by atoms with Gasteiger partial charge in [-0.3, -0.25) is 13.6 Å². The molecular formula is C22H16Cl2N4O2S. The van der Waals surface area contributed by atoms with Crippen LogP contribution in [0.2, 0.25) is 10.0 Å². The van der Waals surface area contributed by atoms with Crippen molar-refractivity contribution in [2.45, 2.75) is 5.16 Å². The molecule has 156 valence electrons. The molecule has 0 radical (unpaired) electrons. The number of benzene rings is 3. The predicted molar refractivity (Wildman–Crippen MR) is 123 cm³/mol. The van der Waals surface area contributed by atoms with Crippen molar-refractivity contribution in [2.24, 2.45) is 0 Å². The van der Waals surface area contributed by atoms with E-state index in [4.69, 9.17) is 23.2 Å². The minimum atomic E-state index is -1.74. The van der Waals surface area contributed by atoms with E-state index in [1.807, 2.05) is 60.7 Å². The summed E-state index contributed by atoms with van der Waals surface area (Å²) in [6.45, 7) is 0. The second-order valence-corrected chi connectivity index (χ2v) is 8.67. The van der Waals surface area contributed by atoms with E-state index in [1.165, 1.54) is 6.07 Å². The first-order valence-corrected chi connectivity index (χ1v) is 11.3. The maximum atomic E-state index is 13.1. The van der Waals surface area contributed by atoms with Crippen LogP contribution in [0.3, 0.4) is 0 Å². The number of nitrogens with one attached hydrogen (secondary N) is 1. The van der Waals surface area contributed by atoms with Crippen LogP contribution in [0.15, 0.2) is 84.0 Å². The van der Waals surface area contributed by atoms with E-state index in [1.54, 1.807) is 16.7 Å². The van der Waals surface area contributed by atoms with Crippen LogP contribution in [0.1, 0.15) is 0 Å². The third-order valence-corrected chi connectivity index (χ3v) is 6.28. The van der Waals surface area contributed by atoms with E-state index < -0.39 is 16.7 Å². The van der Waals surface area contributed by atoms with Crippen molar-refractivity contribution < 1.29 is 9.00 Å². The summed E-state index contributed by atoms with van der Waals surface area (Å²) in [6.07, 6.45) is 0. The Hall–Kier alpha value is -3.00. The van der Waals surface area contributed by atoms with Crippen molar-refractivity contribution in [1.29, 1.82) is 0 Å². The molecule has 0 saturated heterocycles. The van der Waals surface area contributed by atoms with Crippen molar-refractivity contribution in [3.05, 3.63) is 88.9 Å². The fourth-order valence-corrected chi connectivity index (χ4v) is 4.22. The zero-order valence-corrected chi connectivity index (χ0v) is 18.4. The van der Waals surface area contributed by atoms with Gasteiger partial charge in [0.25, 0.3) is 0 Å². The molecule has 3 aromatic carbocycles. The minimum absolute atomic E-state index is 0.189. The molecular weight excluding hydrogens is 455 g/mol. The molecule has 1 aromatic heterocycles. The summed E-state index contributed by atoms with van der Waals surface area (Å²) in [4.78, 5) is 12.5. The first kappa shape index (κ1) is 21.2. The van der Waals surface area contributed by atoms with E-state index in [0.29, 0.717) is 21.6 Å². The summed E-state index contributed by atoms with van der Waals surface area (Å²) < 4.78 is 14.8. The van der Waals surface area contributed by atoms with Gasteiger partial charge in [0.1, 0.15) is 16.6 Å². The van der Waals surface area contributed by atoms with Crippen molar-refractivity contribution >= 4 is 45.6 Å². The number of amides is 1. The molecule has 1 amide bonds. The summed E-state index contributed by atoms with van der Waals surface area (Å²) in [5.74, 6) is -0.194. The normalized spacial score (nSPS) is 11.8. The van der Waals surface area contributed by atoms with Crippen LogP contribution >= 0.6 is 23.2 Å². The van der Waals surface area contributed by atoms with Gasteiger partial charge in [-0.1, -0.05) is 71.7 Å². The second-order valence-electron chi connectivity index (χ2n) is 6.51. The van der Waals surface area contributed by atoms with Gasteiger partial charge >= 0.3 is 0 Å². The van der Waals surface area contributed by atoms with Crippen LogP contribution in [0.4, 0.5) is 5.69 Å². The highest BCUT2D eigenvalue weighted by atomic mass is 35.5. The fraction of sp³-hybridized carbons (Fsp3) is 0.0455. The number of nitrogens with zero attached hydrogens (tertiary/aromatic N) is 3. The third-order valence-electron chi connectivity index (χ3n) is 4.35. The van der Waals surface area contributed by atoms with Crippen molar-refractivity contribution in [3.8, 4) is 17.1 Å². The van der Waals surface area contributed by atoms with Crippen molar-refractivity contribution in [1.82, 2.24) is 14.8 Å². The molecule has 0 spiro atoms. The summed E-state index contributed by atoms with van der Waals surface area (Å²) in [6, 6.07) is 23.6. The van der Waals surface area contributed by atoms with Gasteiger partial charge in [0, 0.05) is 16.9 Å². The molecule has 0 aliphatic carbocycles. The SMILES string of the molecule is O=C(CS(=O)c1nnc(-c2ccccc2)n1-c1ccccc1)Nc1ccc(Cl)c(Cl)c1. The molecule has 0 fully saturated rings. The quantitative estimate of drug-likeness (QED) is 0.430. The van der Waals surface area contributed by atoms with E-state index in [2.05, 4.69) is 15.5 Å². The first-order chi connectivity index (χ1) is 15.0. The molecule has 0 bridgehead atoms. The zero-order chi connectivity index (χ0) is 21.8. The first-order valence-electron chi connectivity index (χ1n) is 9.22. The third kappa shape index (κ3) is 4.85. The Morgan fingerprint density at radius 2 is 1.58 bits per heavy atom. The van der Waals surface area contributed by atoms with Crippen molar-refractivity contribution in [3.63, 3.8) is 0 Å². The topological polar surface area (TPSA) is 76.9 Å². The molecule has 1 heterocycles. The molecule has 0 aliphatic rings. The van der Waals surface area contributed by atoms with Gasteiger partial charge < -0.3 is 5.32 Å². The van der Waals surface area contributed by atoms with Crippen LogP contribution in [-0.4, -0.2) is 30.6 Å².